The van der Waals surface area contributed by atoms with E-state index in [0.717, 1.165) is 6.20 Å². The summed E-state index contributed by atoms with van der Waals surface area (Å²) in [6, 6.07) is 6.56. The Kier molecular flexibility index (Phi) is 2.59. The molecule has 0 saturated carbocycles. The molecule has 0 amide bonds. The molecule has 94 valence electrons. The monoisotopic (exact) mass is 259 g/mol. The molecule has 0 saturated heterocycles. The van der Waals surface area contributed by atoms with Gasteiger partial charge in [-0.25, -0.2) is 8.78 Å². The smallest absolute Gasteiger partial charge is 0.231 e. The first-order chi connectivity index (χ1) is 9.15. The van der Waals surface area contributed by atoms with Crippen LogP contribution in [-0.2, 0) is 0 Å². The topological polar surface area (TPSA) is 43.1 Å². The van der Waals surface area contributed by atoms with Gasteiger partial charge in [-0.2, -0.15) is 0 Å². The van der Waals surface area contributed by atoms with E-state index >= 15 is 0 Å². The molecule has 0 N–H and O–H groups in total. The summed E-state index contributed by atoms with van der Waals surface area (Å²) in [4.78, 5) is 15.6. The molecular formula is C14H7F2NO2. The van der Waals surface area contributed by atoms with E-state index in [1.807, 2.05) is 0 Å². The molecule has 2 aromatic heterocycles. The Hall–Kier alpha value is -2.56. The highest BCUT2D eigenvalue weighted by Gasteiger charge is 2.18. The van der Waals surface area contributed by atoms with Gasteiger partial charge in [-0.3, -0.25) is 9.78 Å². The van der Waals surface area contributed by atoms with Gasteiger partial charge in [0, 0.05) is 11.6 Å². The van der Waals surface area contributed by atoms with Crippen molar-refractivity contribution in [1.82, 2.24) is 4.98 Å². The Balaban J connectivity index is 2.09. The molecular weight excluding hydrogens is 252 g/mol. The highest BCUT2D eigenvalue weighted by Crippen LogP contribution is 2.22. The van der Waals surface area contributed by atoms with Gasteiger partial charge in [0.1, 0.15) is 11.4 Å². The number of furan rings is 1. The largest absolute Gasteiger partial charge is 0.453 e. The predicted molar refractivity (Wildman–Crippen MR) is 63.8 cm³/mol. The lowest BCUT2D eigenvalue weighted by atomic mass is 10.1. The van der Waals surface area contributed by atoms with Gasteiger partial charge in [0.05, 0.1) is 11.8 Å². The maximum absolute atomic E-state index is 13.5. The standard InChI is InChI=1S/C14H7F2NO2/c15-9-1-2-12-8(5-9)6-13(19-12)14(18)10-3-4-17-7-11(10)16/h1-7H. The number of ketones is 1. The number of pyridine rings is 1. The lowest BCUT2D eigenvalue weighted by Gasteiger charge is -1.97. The number of fused-ring (bicyclic) bond motifs is 1. The van der Waals surface area contributed by atoms with Crippen LogP contribution in [0, 0.1) is 11.6 Å². The maximum Gasteiger partial charge on any atom is 0.231 e. The predicted octanol–water partition coefficient (Wildman–Crippen LogP) is 3.34. The Morgan fingerprint density at radius 2 is 2.00 bits per heavy atom. The van der Waals surface area contributed by atoms with E-state index in [0.29, 0.717) is 11.0 Å². The summed E-state index contributed by atoms with van der Waals surface area (Å²) < 4.78 is 31.8. The van der Waals surface area contributed by atoms with Gasteiger partial charge in [-0.15, -0.1) is 0 Å². The van der Waals surface area contributed by atoms with Gasteiger partial charge in [0.25, 0.3) is 0 Å². The number of aromatic nitrogens is 1. The van der Waals surface area contributed by atoms with Crippen molar-refractivity contribution in [3.05, 3.63) is 65.7 Å². The summed E-state index contributed by atoms with van der Waals surface area (Å²) in [6.45, 7) is 0. The van der Waals surface area contributed by atoms with E-state index in [1.165, 1.54) is 36.5 Å². The average Bonchev–Trinajstić information content (AvgIpc) is 2.81. The van der Waals surface area contributed by atoms with Crippen molar-refractivity contribution < 1.29 is 18.0 Å². The summed E-state index contributed by atoms with van der Waals surface area (Å²) in [7, 11) is 0. The quantitative estimate of drug-likeness (QED) is 0.663. The number of halogens is 2. The molecule has 0 bridgehead atoms. The second-order valence-electron chi connectivity index (χ2n) is 3.98. The van der Waals surface area contributed by atoms with Crippen LogP contribution in [0.4, 0.5) is 8.78 Å². The fourth-order valence-electron chi connectivity index (χ4n) is 1.82. The Morgan fingerprint density at radius 1 is 1.16 bits per heavy atom. The van der Waals surface area contributed by atoms with Gasteiger partial charge >= 0.3 is 0 Å². The van der Waals surface area contributed by atoms with Crippen molar-refractivity contribution in [2.24, 2.45) is 0 Å². The first-order valence-corrected chi connectivity index (χ1v) is 5.48. The number of carbonyl (C=O) groups excluding carboxylic acids is 1. The van der Waals surface area contributed by atoms with Crippen LogP contribution in [0.5, 0.6) is 0 Å². The van der Waals surface area contributed by atoms with Gasteiger partial charge in [0.15, 0.2) is 11.6 Å². The Bertz CT molecular complexity index is 780. The van der Waals surface area contributed by atoms with E-state index in [4.69, 9.17) is 4.42 Å². The maximum atomic E-state index is 13.5. The highest BCUT2D eigenvalue weighted by molar-refractivity contribution is 6.09. The van der Waals surface area contributed by atoms with Crippen molar-refractivity contribution >= 4 is 16.8 Å². The molecule has 0 aliphatic carbocycles. The minimum absolute atomic E-state index is 0.0364. The Morgan fingerprint density at radius 3 is 2.79 bits per heavy atom. The lowest BCUT2D eigenvalue weighted by Crippen LogP contribution is -2.03. The molecule has 19 heavy (non-hydrogen) atoms. The fourth-order valence-corrected chi connectivity index (χ4v) is 1.82. The summed E-state index contributed by atoms with van der Waals surface area (Å²) in [5.41, 5.74) is 0.244. The summed E-state index contributed by atoms with van der Waals surface area (Å²) in [5.74, 6) is -1.79. The van der Waals surface area contributed by atoms with Crippen LogP contribution in [0.25, 0.3) is 11.0 Å². The molecule has 0 spiro atoms. The molecule has 0 aliphatic heterocycles. The van der Waals surface area contributed by atoms with E-state index in [9.17, 15) is 13.6 Å². The van der Waals surface area contributed by atoms with E-state index in [1.54, 1.807) is 0 Å². The summed E-state index contributed by atoms with van der Waals surface area (Å²) in [5, 5.41) is 0.456. The number of hydrogen-bond acceptors (Lipinski definition) is 3. The van der Waals surface area contributed by atoms with Crippen molar-refractivity contribution in [3.63, 3.8) is 0 Å². The van der Waals surface area contributed by atoms with Crippen molar-refractivity contribution in [2.45, 2.75) is 0 Å². The SMILES string of the molecule is O=C(c1cc2cc(F)ccc2o1)c1ccncc1F. The van der Waals surface area contributed by atoms with Crippen molar-refractivity contribution in [1.29, 1.82) is 0 Å². The minimum Gasteiger partial charge on any atom is -0.453 e. The normalized spacial score (nSPS) is 10.8. The van der Waals surface area contributed by atoms with E-state index < -0.39 is 17.4 Å². The third-order valence-corrected chi connectivity index (χ3v) is 2.72. The van der Waals surface area contributed by atoms with Crippen LogP contribution < -0.4 is 0 Å². The number of nitrogens with zero attached hydrogens (tertiary/aromatic N) is 1. The molecule has 0 unspecified atom stereocenters. The van der Waals surface area contributed by atoms with Crippen LogP contribution in [0.3, 0.4) is 0 Å². The minimum atomic E-state index is -0.723. The zero-order valence-corrected chi connectivity index (χ0v) is 9.56. The van der Waals surface area contributed by atoms with Crippen molar-refractivity contribution in [3.8, 4) is 0 Å². The van der Waals surface area contributed by atoms with Crippen molar-refractivity contribution in [2.75, 3.05) is 0 Å². The van der Waals surface area contributed by atoms with Crippen LogP contribution >= 0.6 is 0 Å². The highest BCUT2D eigenvalue weighted by atomic mass is 19.1. The number of benzene rings is 1. The molecule has 5 heteroatoms. The van der Waals surface area contributed by atoms with E-state index in [-0.39, 0.29) is 11.3 Å². The molecule has 0 aliphatic rings. The average molecular weight is 259 g/mol. The molecule has 0 fully saturated rings. The second kappa shape index (κ2) is 4.28. The third-order valence-electron chi connectivity index (χ3n) is 2.72. The first-order valence-electron chi connectivity index (χ1n) is 5.48. The second-order valence-corrected chi connectivity index (χ2v) is 3.98. The number of hydrogen-bond donors (Lipinski definition) is 0. The molecule has 1 aromatic carbocycles. The first kappa shape index (κ1) is 11.5. The molecule has 0 atom stereocenters. The molecule has 2 heterocycles. The zero-order chi connectivity index (χ0) is 13.4. The molecule has 3 nitrogen and oxygen atoms in total. The zero-order valence-electron chi connectivity index (χ0n) is 9.56. The molecule has 3 aromatic rings. The van der Waals surface area contributed by atoms with Crippen LogP contribution in [0.2, 0.25) is 0 Å². The van der Waals surface area contributed by atoms with Gasteiger partial charge in [0.2, 0.25) is 5.78 Å². The number of carbonyl (C=O) groups is 1. The fraction of sp³-hybridized carbons (Fsp3) is 0. The molecule has 0 radical (unpaired) electrons. The lowest BCUT2D eigenvalue weighted by molar-refractivity contribution is 0.101. The van der Waals surface area contributed by atoms with Crippen LogP contribution in [0.15, 0.2) is 47.1 Å². The Labute approximate surface area is 106 Å². The molecule has 3 rings (SSSR count). The van der Waals surface area contributed by atoms with Gasteiger partial charge < -0.3 is 4.42 Å². The summed E-state index contributed by atoms with van der Waals surface area (Å²) >= 11 is 0. The summed E-state index contributed by atoms with van der Waals surface area (Å²) in [6.07, 6.45) is 2.27. The van der Waals surface area contributed by atoms with Gasteiger partial charge in [-0.05, 0) is 30.3 Å². The van der Waals surface area contributed by atoms with Crippen LogP contribution in [-0.4, -0.2) is 10.8 Å². The van der Waals surface area contributed by atoms with Gasteiger partial charge in [-0.1, -0.05) is 0 Å². The van der Waals surface area contributed by atoms with Crippen LogP contribution in [0.1, 0.15) is 16.1 Å². The van der Waals surface area contributed by atoms with E-state index in [2.05, 4.69) is 4.98 Å². The third kappa shape index (κ3) is 1.99. The number of rotatable bonds is 2.